The van der Waals surface area contributed by atoms with E-state index < -0.39 is 0 Å². The second-order valence-corrected chi connectivity index (χ2v) is 9.86. The Morgan fingerprint density at radius 2 is 1.21 bits per heavy atom. The molecule has 1 aliphatic rings. The van der Waals surface area contributed by atoms with E-state index in [-0.39, 0.29) is 9.15 Å². The summed E-state index contributed by atoms with van der Waals surface area (Å²) < 4.78 is 1.85. The second kappa shape index (κ2) is 6.39. The summed E-state index contributed by atoms with van der Waals surface area (Å²) in [6.07, 6.45) is 0. The van der Waals surface area contributed by atoms with Crippen LogP contribution >= 0.6 is 63.7 Å². The van der Waals surface area contributed by atoms with Crippen molar-refractivity contribution < 1.29 is 0 Å². The van der Waals surface area contributed by atoms with Gasteiger partial charge in [-0.1, -0.05) is 106 Å². The fourth-order valence-corrected chi connectivity index (χ4v) is 5.82. The monoisotopic (exact) mass is 568 g/mol. The van der Waals surface area contributed by atoms with Gasteiger partial charge in [0, 0.05) is 8.95 Å². The molecule has 0 nitrogen and oxygen atoms in total. The molecule has 0 spiro atoms. The van der Waals surface area contributed by atoms with Gasteiger partial charge in [0.1, 0.15) is 0 Å². The lowest BCUT2D eigenvalue weighted by Crippen LogP contribution is -2.22. The number of hydrogen-bond acceptors (Lipinski definition) is 0. The maximum atomic E-state index is 4.13. The van der Waals surface area contributed by atoms with Crippen LogP contribution in [0.4, 0.5) is 0 Å². The number of hydrogen-bond donors (Lipinski definition) is 0. The van der Waals surface area contributed by atoms with Crippen molar-refractivity contribution in [3.05, 3.63) is 92.4 Å². The van der Waals surface area contributed by atoms with Crippen molar-refractivity contribution in [1.82, 2.24) is 0 Å². The van der Waals surface area contributed by atoms with E-state index in [1.54, 1.807) is 0 Å². The lowest BCUT2D eigenvalue weighted by atomic mass is 9.89. The Labute approximate surface area is 175 Å². The first-order valence-corrected chi connectivity index (χ1v) is 10.8. The Morgan fingerprint density at radius 3 is 1.71 bits per heavy atom. The first kappa shape index (κ1) is 17.0. The van der Waals surface area contributed by atoms with E-state index in [9.17, 15) is 0 Å². The Morgan fingerprint density at radius 1 is 0.708 bits per heavy atom. The van der Waals surface area contributed by atoms with Crippen LogP contribution in [0.1, 0.15) is 21.5 Å². The molecule has 3 aromatic carbocycles. The van der Waals surface area contributed by atoms with Crippen molar-refractivity contribution in [2.75, 3.05) is 0 Å². The summed E-state index contributed by atoms with van der Waals surface area (Å²) in [5.74, 6) is 0. The van der Waals surface area contributed by atoms with E-state index in [1.807, 2.05) is 6.07 Å². The molecule has 3 aromatic rings. The highest BCUT2D eigenvalue weighted by atomic mass is 79.9. The Kier molecular flexibility index (Phi) is 4.53. The zero-order valence-corrected chi connectivity index (χ0v) is 18.8. The van der Waals surface area contributed by atoms with E-state index in [1.165, 1.54) is 27.8 Å². The van der Waals surface area contributed by atoms with Crippen LogP contribution in [0.15, 0.2) is 75.7 Å². The summed E-state index contributed by atoms with van der Waals surface area (Å²) in [4.78, 5) is 0.106. The van der Waals surface area contributed by atoms with Crippen molar-refractivity contribution >= 4 is 63.7 Å². The third-order valence-corrected chi connectivity index (χ3v) is 8.61. The van der Waals surface area contributed by atoms with Crippen molar-refractivity contribution in [3.63, 3.8) is 0 Å². The molecule has 0 bridgehead atoms. The molecular formula is C20H12Br4. The van der Waals surface area contributed by atoms with Gasteiger partial charge in [0.2, 0.25) is 0 Å². The van der Waals surface area contributed by atoms with Crippen molar-refractivity contribution in [2.45, 2.75) is 9.15 Å². The SMILES string of the molecule is Brc1ccc2c(c1)C(Br)(C(Br)c1ccccc1)c1cc(Br)ccc1-2. The molecule has 0 aliphatic heterocycles. The molecule has 0 fully saturated rings. The van der Waals surface area contributed by atoms with E-state index in [2.05, 4.69) is 124 Å². The number of alkyl halides is 2. The van der Waals surface area contributed by atoms with Crippen LogP contribution in [-0.4, -0.2) is 0 Å². The molecule has 0 saturated carbocycles. The molecule has 1 aliphatic carbocycles. The van der Waals surface area contributed by atoms with Crippen molar-refractivity contribution in [2.24, 2.45) is 0 Å². The van der Waals surface area contributed by atoms with E-state index in [0.717, 1.165) is 8.95 Å². The molecule has 1 unspecified atom stereocenters. The Hall–Kier alpha value is -0.420. The number of fused-ring (bicyclic) bond motifs is 3. The minimum absolute atomic E-state index is 0.106. The normalized spacial score (nSPS) is 15.7. The number of halogens is 4. The fourth-order valence-electron chi connectivity index (χ4n) is 3.37. The minimum Gasteiger partial charge on any atom is -0.0816 e. The lowest BCUT2D eigenvalue weighted by molar-refractivity contribution is 0.764. The van der Waals surface area contributed by atoms with E-state index in [4.69, 9.17) is 0 Å². The maximum absolute atomic E-state index is 4.13. The molecule has 0 N–H and O–H groups in total. The van der Waals surface area contributed by atoms with Crippen LogP contribution < -0.4 is 0 Å². The molecule has 0 amide bonds. The zero-order chi connectivity index (χ0) is 16.9. The number of rotatable bonds is 2. The van der Waals surface area contributed by atoms with E-state index in [0.29, 0.717) is 0 Å². The summed E-state index contributed by atoms with van der Waals surface area (Å²) in [5, 5.41) is 0. The average molecular weight is 572 g/mol. The maximum Gasteiger partial charge on any atom is 0.0932 e. The molecule has 0 aromatic heterocycles. The first-order valence-electron chi connectivity index (χ1n) is 7.50. The molecule has 0 heterocycles. The third-order valence-electron chi connectivity index (χ3n) is 4.48. The molecule has 0 radical (unpaired) electrons. The van der Waals surface area contributed by atoms with Gasteiger partial charge in [-0.25, -0.2) is 0 Å². The standard InChI is InChI=1S/C20H12Br4/c21-13-6-8-15-16-9-7-14(22)11-18(16)20(24,17(15)10-13)19(23)12-4-2-1-3-5-12/h1-11,19H. The number of benzene rings is 3. The van der Waals surface area contributed by atoms with E-state index >= 15 is 0 Å². The Bertz CT molecular complexity index is 867. The highest BCUT2D eigenvalue weighted by Gasteiger charge is 2.47. The summed E-state index contributed by atoms with van der Waals surface area (Å²) in [5.41, 5.74) is 6.34. The van der Waals surface area contributed by atoms with Crippen LogP contribution in [0.2, 0.25) is 0 Å². The highest BCUT2D eigenvalue weighted by Crippen LogP contribution is 2.61. The van der Waals surface area contributed by atoms with Crippen molar-refractivity contribution in [1.29, 1.82) is 0 Å². The average Bonchev–Trinajstić information content (AvgIpc) is 2.84. The molecule has 4 heteroatoms. The van der Waals surface area contributed by atoms with Gasteiger partial charge in [0.25, 0.3) is 0 Å². The Balaban J connectivity index is 2.01. The highest BCUT2D eigenvalue weighted by molar-refractivity contribution is 9.12. The van der Waals surface area contributed by atoms with Crippen LogP contribution in [0.25, 0.3) is 11.1 Å². The molecule has 0 saturated heterocycles. The van der Waals surface area contributed by atoms with Crippen LogP contribution in [-0.2, 0) is 4.32 Å². The lowest BCUT2D eigenvalue weighted by Gasteiger charge is -2.31. The largest absolute Gasteiger partial charge is 0.0932 e. The molecule has 4 rings (SSSR count). The summed E-state index contributed by atoms with van der Waals surface area (Å²) >= 11 is 15.4. The molecule has 120 valence electrons. The molecule has 24 heavy (non-hydrogen) atoms. The van der Waals surface area contributed by atoms with Crippen molar-refractivity contribution in [3.8, 4) is 11.1 Å². The summed E-state index contributed by atoms with van der Waals surface area (Å²) in [6, 6.07) is 23.6. The van der Waals surface area contributed by atoms with Gasteiger partial charge in [-0.2, -0.15) is 0 Å². The van der Waals surface area contributed by atoms with Gasteiger partial charge in [0.05, 0.1) is 9.15 Å². The molecular weight excluding hydrogens is 560 g/mol. The van der Waals surface area contributed by atoms with Crippen LogP contribution in [0.5, 0.6) is 0 Å². The predicted octanol–water partition coefficient (Wildman–Crippen LogP) is 7.97. The molecule has 1 atom stereocenters. The van der Waals surface area contributed by atoms with Gasteiger partial charge in [-0.15, -0.1) is 0 Å². The van der Waals surface area contributed by atoms with Gasteiger partial charge in [-0.05, 0) is 52.1 Å². The summed E-state index contributed by atoms with van der Waals surface area (Å²) in [7, 11) is 0. The predicted molar refractivity (Wildman–Crippen MR) is 115 cm³/mol. The van der Waals surface area contributed by atoms with Crippen LogP contribution in [0.3, 0.4) is 0 Å². The van der Waals surface area contributed by atoms with Gasteiger partial charge < -0.3 is 0 Å². The second-order valence-electron chi connectivity index (χ2n) is 5.86. The van der Waals surface area contributed by atoms with Gasteiger partial charge in [0.15, 0.2) is 0 Å². The van der Waals surface area contributed by atoms with Gasteiger partial charge >= 0.3 is 0 Å². The smallest absolute Gasteiger partial charge is 0.0816 e. The zero-order valence-electron chi connectivity index (χ0n) is 12.4. The third kappa shape index (κ3) is 2.57. The topological polar surface area (TPSA) is 0 Å². The minimum atomic E-state index is -0.327. The summed E-state index contributed by atoms with van der Waals surface area (Å²) in [6.45, 7) is 0. The quantitative estimate of drug-likeness (QED) is 0.274. The first-order chi connectivity index (χ1) is 11.5. The van der Waals surface area contributed by atoms with Crippen LogP contribution in [0, 0.1) is 0 Å². The fraction of sp³-hybridized carbons (Fsp3) is 0.100. The van der Waals surface area contributed by atoms with Gasteiger partial charge in [-0.3, -0.25) is 0 Å².